The Bertz CT molecular complexity index is 555. The molecule has 1 aliphatic carbocycles. The molecule has 134 valence electrons. The maximum absolute atomic E-state index is 6.97. The van der Waals surface area contributed by atoms with Gasteiger partial charge < -0.3 is 4.43 Å². The normalized spacial score (nSPS) is 23.1. The van der Waals surface area contributed by atoms with Crippen molar-refractivity contribution in [3.63, 3.8) is 0 Å². The van der Waals surface area contributed by atoms with Crippen molar-refractivity contribution < 1.29 is 4.43 Å². The highest BCUT2D eigenvalue weighted by Gasteiger charge is 2.44. The van der Waals surface area contributed by atoms with Gasteiger partial charge >= 0.3 is 0 Å². The molecular formula is C21H36OSi2. The van der Waals surface area contributed by atoms with E-state index in [0.717, 1.165) is 0 Å². The number of allylic oxidation sites excluding steroid dienone is 1. The van der Waals surface area contributed by atoms with Gasteiger partial charge in [0.05, 0.1) is 8.07 Å². The van der Waals surface area contributed by atoms with Gasteiger partial charge in [-0.15, -0.1) is 0 Å². The van der Waals surface area contributed by atoms with E-state index in [1.807, 2.05) is 0 Å². The van der Waals surface area contributed by atoms with Gasteiger partial charge in [-0.1, -0.05) is 81.5 Å². The van der Waals surface area contributed by atoms with Crippen LogP contribution in [0.3, 0.4) is 0 Å². The Hall–Kier alpha value is -0.646. The average Bonchev–Trinajstić information content (AvgIpc) is 2.72. The highest BCUT2D eigenvalue weighted by atomic mass is 28.4. The van der Waals surface area contributed by atoms with Gasteiger partial charge in [0.2, 0.25) is 0 Å². The Morgan fingerprint density at radius 2 is 1.62 bits per heavy atom. The zero-order valence-corrected chi connectivity index (χ0v) is 18.7. The lowest BCUT2D eigenvalue weighted by atomic mass is 10.1. The van der Waals surface area contributed by atoms with Crippen molar-refractivity contribution >= 4 is 21.6 Å². The van der Waals surface area contributed by atoms with Crippen LogP contribution in [0.4, 0.5) is 0 Å². The summed E-state index contributed by atoms with van der Waals surface area (Å²) in [6.07, 6.45) is 8.96. The van der Waals surface area contributed by atoms with Crippen LogP contribution in [0, 0.1) is 0 Å². The highest BCUT2D eigenvalue weighted by Crippen LogP contribution is 2.42. The first-order valence-corrected chi connectivity index (χ1v) is 15.4. The van der Waals surface area contributed by atoms with Crippen molar-refractivity contribution in [1.82, 2.24) is 0 Å². The fraction of sp³-hybridized carbons (Fsp3) is 0.619. The molecule has 1 aromatic rings. The van der Waals surface area contributed by atoms with Crippen LogP contribution < -0.4 is 5.19 Å². The van der Waals surface area contributed by atoms with Crippen LogP contribution in [0.25, 0.3) is 0 Å². The summed E-state index contributed by atoms with van der Waals surface area (Å²) in [5.41, 5.74) is 0.566. The molecule has 1 aromatic carbocycles. The summed E-state index contributed by atoms with van der Waals surface area (Å²) in [6, 6.07) is 11.2. The first kappa shape index (κ1) is 19.7. The molecular weight excluding hydrogens is 324 g/mol. The van der Waals surface area contributed by atoms with E-state index in [1.165, 1.54) is 19.3 Å². The summed E-state index contributed by atoms with van der Waals surface area (Å²) >= 11 is 0. The van der Waals surface area contributed by atoms with Gasteiger partial charge in [0.15, 0.2) is 8.32 Å². The molecule has 0 heterocycles. The van der Waals surface area contributed by atoms with Crippen LogP contribution in [0.1, 0.15) is 40.0 Å². The van der Waals surface area contributed by atoms with Crippen molar-refractivity contribution in [2.75, 3.05) is 0 Å². The summed E-state index contributed by atoms with van der Waals surface area (Å²) < 4.78 is 6.97. The van der Waals surface area contributed by atoms with E-state index in [1.54, 1.807) is 5.19 Å². The topological polar surface area (TPSA) is 9.23 Å². The summed E-state index contributed by atoms with van der Waals surface area (Å²) in [5, 5.41) is 1.82. The van der Waals surface area contributed by atoms with E-state index in [0.29, 0.717) is 11.6 Å². The van der Waals surface area contributed by atoms with Crippen LogP contribution >= 0.6 is 0 Å². The van der Waals surface area contributed by atoms with E-state index >= 15 is 0 Å². The second-order valence-corrected chi connectivity index (χ2v) is 18.8. The number of hydrogen-bond donors (Lipinski definition) is 0. The molecule has 2 atom stereocenters. The zero-order valence-electron chi connectivity index (χ0n) is 16.7. The largest absolute Gasteiger partial charge is 0.414 e. The molecule has 1 aliphatic rings. The second kappa shape index (κ2) is 7.31. The lowest BCUT2D eigenvalue weighted by Crippen LogP contribution is -2.53. The van der Waals surface area contributed by atoms with Crippen molar-refractivity contribution in [2.45, 2.75) is 82.9 Å². The minimum atomic E-state index is -1.75. The van der Waals surface area contributed by atoms with E-state index in [-0.39, 0.29) is 5.04 Å². The Kier molecular flexibility index (Phi) is 5.99. The van der Waals surface area contributed by atoms with Crippen LogP contribution in [0.15, 0.2) is 42.5 Å². The Labute approximate surface area is 151 Å². The van der Waals surface area contributed by atoms with E-state index in [9.17, 15) is 0 Å². The molecule has 0 unspecified atom stereocenters. The molecule has 24 heavy (non-hydrogen) atoms. The molecule has 0 aromatic heterocycles. The molecule has 3 heteroatoms. The van der Waals surface area contributed by atoms with Crippen molar-refractivity contribution in [3.8, 4) is 0 Å². The molecule has 0 radical (unpaired) electrons. The predicted molar refractivity (Wildman–Crippen MR) is 112 cm³/mol. The zero-order chi connectivity index (χ0) is 18.0. The lowest BCUT2D eigenvalue weighted by Gasteiger charge is -2.44. The minimum absolute atomic E-state index is 0.270. The Morgan fingerprint density at radius 1 is 1.00 bits per heavy atom. The maximum atomic E-state index is 6.97. The van der Waals surface area contributed by atoms with Gasteiger partial charge in [-0.3, -0.25) is 0 Å². The summed E-state index contributed by atoms with van der Waals surface area (Å²) in [7, 11) is -3.37. The van der Waals surface area contributed by atoms with E-state index in [2.05, 4.69) is 89.4 Å². The van der Waals surface area contributed by atoms with Gasteiger partial charge in [-0.25, -0.2) is 0 Å². The van der Waals surface area contributed by atoms with Gasteiger partial charge in [-0.05, 0) is 37.4 Å². The van der Waals surface area contributed by atoms with E-state index < -0.39 is 16.4 Å². The summed E-state index contributed by atoms with van der Waals surface area (Å²) in [5.74, 6) is 0. The monoisotopic (exact) mass is 360 g/mol. The molecule has 0 saturated heterocycles. The highest BCUT2D eigenvalue weighted by molar-refractivity contribution is 6.91. The Morgan fingerprint density at radius 3 is 2.21 bits per heavy atom. The number of rotatable bonds is 4. The molecule has 0 bridgehead atoms. The fourth-order valence-electron chi connectivity index (χ4n) is 3.44. The molecule has 0 saturated carbocycles. The van der Waals surface area contributed by atoms with Crippen molar-refractivity contribution in [3.05, 3.63) is 42.5 Å². The summed E-state index contributed by atoms with van der Waals surface area (Å²) in [6.45, 7) is 16.9. The standard InChI is InChI=1S/C21H36OSi2/c1-21(2,3)24(6,7)22-19-16-12-9-13-17-20(19)23(4,5)18-14-10-8-11-15-18/h8,10-11,13-15,17,19-20H,9,12,16H2,1-7H3/t19-,20+/m1/s1. The third-order valence-corrected chi connectivity index (χ3v) is 14.8. The predicted octanol–water partition coefficient (Wildman–Crippen LogP) is 6.10. The molecule has 0 fully saturated rings. The van der Waals surface area contributed by atoms with Gasteiger partial charge in [-0.2, -0.15) is 0 Å². The average molecular weight is 361 g/mol. The fourth-order valence-corrected chi connectivity index (χ4v) is 8.16. The summed E-state index contributed by atoms with van der Waals surface area (Å²) in [4.78, 5) is 0. The Balaban J connectivity index is 2.33. The van der Waals surface area contributed by atoms with Gasteiger partial charge in [0, 0.05) is 11.6 Å². The van der Waals surface area contributed by atoms with Crippen molar-refractivity contribution in [1.29, 1.82) is 0 Å². The molecule has 0 aliphatic heterocycles. The van der Waals surface area contributed by atoms with Gasteiger partial charge in [0.1, 0.15) is 0 Å². The molecule has 2 rings (SSSR count). The minimum Gasteiger partial charge on any atom is -0.414 e. The second-order valence-electron chi connectivity index (χ2n) is 9.39. The molecule has 1 nitrogen and oxygen atoms in total. The quantitative estimate of drug-likeness (QED) is 0.465. The smallest absolute Gasteiger partial charge is 0.192 e. The van der Waals surface area contributed by atoms with Crippen molar-refractivity contribution in [2.24, 2.45) is 0 Å². The molecule has 0 N–H and O–H groups in total. The number of hydrogen-bond acceptors (Lipinski definition) is 1. The third kappa shape index (κ3) is 4.30. The van der Waals surface area contributed by atoms with Crippen LogP contribution in [-0.4, -0.2) is 22.5 Å². The van der Waals surface area contributed by atoms with Crippen LogP contribution in [-0.2, 0) is 4.43 Å². The lowest BCUT2D eigenvalue weighted by molar-refractivity contribution is 0.171. The van der Waals surface area contributed by atoms with Gasteiger partial charge in [0.25, 0.3) is 0 Å². The number of benzene rings is 1. The van der Waals surface area contributed by atoms with E-state index in [4.69, 9.17) is 4.43 Å². The SMILES string of the molecule is CC(C)(C)[Si](C)(C)O[C@@H]1CCCC=C[C@@H]1[Si](C)(C)c1ccccc1. The molecule has 0 spiro atoms. The first-order chi connectivity index (χ1) is 11.1. The van der Waals surface area contributed by atoms with Crippen LogP contribution in [0.5, 0.6) is 0 Å². The third-order valence-electron chi connectivity index (χ3n) is 6.21. The van der Waals surface area contributed by atoms with Crippen LogP contribution in [0.2, 0.25) is 36.8 Å². The maximum Gasteiger partial charge on any atom is 0.192 e. The first-order valence-electron chi connectivity index (χ1n) is 9.46. The molecule has 0 amide bonds.